The average molecular weight is 252 g/mol. The number of carbonyl (C=O) groups is 1. The lowest BCUT2D eigenvalue weighted by Gasteiger charge is -2.06. The van der Waals surface area contributed by atoms with Crippen LogP contribution >= 0.6 is 0 Å². The first-order valence-corrected chi connectivity index (χ1v) is 5.75. The van der Waals surface area contributed by atoms with Gasteiger partial charge in [0.25, 0.3) is 5.91 Å². The van der Waals surface area contributed by atoms with Crippen LogP contribution in [0.3, 0.4) is 0 Å². The predicted molar refractivity (Wildman–Crippen MR) is 71.8 cm³/mol. The maximum Gasteiger partial charge on any atom is 0.255 e. The van der Waals surface area contributed by atoms with E-state index in [1.165, 1.54) is 12.1 Å². The molecule has 0 atom stereocenters. The summed E-state index contributed by atoms with van der Waals surface area (Å²) in [5.74, 6) is -0.179. The van der Waals surface area contributed by atoms with Gasteiger partial charge in [-0.3, -0.25) is 4.79 Å². The molecule has 2 aromatic carbocycles. The van der Waals surface area contributed by atoms with Crippen LogP contribution in [0.25, 0.3) is 0 Å². The summed E-state index contributed by atoms with van der Waals surface area (Å²) in [4.78, 5) is 12.0. The number of hydrogen-bond donors (Lipinski definition) is 2. The molecule has 0 saturated heterocycles. The minimum Gasteiger partial charge on any atom is -0.508 e. The van der Waals surface area contributed by atoms with Crippen LogP contribution in [-0.2, 0) is 6.42 Å². The van der Waals surface area contributed by atoms with Crippen LogP contribution in [-0.4, -0.2) is 11.0 Å². The topological polar surface area (TPSA) is 73.1 Å². The van der Waals surface area contributed by atoms with Crippen molar-refractivity contribution in [3.8, 4) is 11.8 Å². The molecule has 0 unspecified atom stereocenters. The van der Waals surface area contributed by atoms with Crippen molar-refractivity contribution in [3.63, 3.8) is 0 Å². The van der Waals surface area contributed by atoms with E-state index in [0.29, 0.717) is 11.3 Å². The van der Waals surface area contributed by atoms with Gasteiger partial charge in [-0.25, -0.2) is 0 Å². The number of rotatable bonds is 3. The average Bonchev–Trinajstić information content (AvgIpc) is 2.39. The van der Waals surface area contributed by atoms with Crippen molar-refractivity contribution in [2.75, 3.05) is 5.32 Å². The van der Waals surface area contributed by atoms with Gasteiger partial charge in [0.15, 0.2) is 0 Å². The van der Waals surface area contributed by atoms with Crippen LogP contribution in [0.5, 0.6) is 5.75 Å². The van der Waals surface area contributed by atoms with Crippen molar-refractivity contribution in [3.05, 3.63) is 59.7 Å². The molecule has 19 heavy (non-hydrogen) atoms. The molecule has 0 aromatic heterocycles. The first-order valence-electron chi connectivity index (χ1n) is 5.75. The number of nitrogens with one attached hydrogen (secondary N) is 1. The lowest BCUT2D eigenvalue weighted by molar-refractivity contribution is 0.102. The Balaban J connectivity index is 2.16. The van der Waals surface area contributed by atoms with Gasteiger partial charge >= 0.3 is 0 Å². The zero-order chi connectivity index (χ0) is 13.7. The lowest BCUT2D eigenvalue weighted by Crippen LogP contribution is -2.11. The van der Waals surface area contributed by atoms with Crippen LogP contribution < -0.4 is 5.32 Å². The molecule has 0 aliphatic heterocycles. The van der Waals surface area contributed by atoms with Crippen molar-refractivity contribution >= 4 is 11.6 Å². The molecular weight excluding hydrogens is 240 g/mol. The van der Waals surface area contributed by atoms with Gasteiger partial charge in [-0.1, -0.05) is 18.2 Å². The fourth-order valence-electron chi connectivity index (χ4n) is 1.70. The molecule has 1 amide bonds. The molecule has 4 heteroatoms. The Kier molecular flexibility index (Phi) is 3.79. The molecular formula is C15H12N2O2. The van der Waals surface area contributed by atoms with E-state index in [0.717, 1.165) is 5.56 Å². The predicted octanol–water partition coefficient (Wildman–Crippen LogP) is 2.71. The number of nitrogens with zero attached hydrogens (tertiary/aromatic N) is 1. The maximum atomic E-state index is 12.0. The van der Waals surface area contributed by atoms with Crippen LogP contribution in [0, 0.1) is 11.3 Å². The number of aromatic hydroxyl groups is 1. The molecule has 0 heterocycles. The molecule has 2 aromatic rings. The normalized spacial score (nSPS) is 9.63. The summed E-state index contributed by atoms with van der Waals surface area (Å²) in [5.41, 5.74) is 1.80. The summed E-state index contributed by atoms with van der Waals surface area (Å²) >= 11 is 0. The minimum absolute atomic E-state index is 0.0935. The lowest BCUT2D eigenvalue weighted by atomic mass is 10.1. The van der Waals surface area contributed by atoms with Crippen molar-refractivity contribution < 1.29 is 9.90 Å². The molecule has 0 aliphatic carbocycles. The second-order valence-electron chi connectivity index (χ2n) is 4.04. The molecule has 2 N–H and O–H groups in total. The molecule has 0 radical (unpaired) electrons. The first kappa shape index (κ1) is 12.7. The number of nitriles is 1. The summed E-state index contributed by atoms with van der Waals surface area (Å²) in [5, 5.41) is 20.6. The third-order valence-electron chi connectivity index (χ3n) is 2.58. The van der Waals surface area contributed by atoms with E-state index in [1.807, 2.05) is 6.07 Å². The number of hydrogen-bond acceptors (Lipinski definition) is 3. The number of carbonyl (C=O) groups excluding carboxylic acids is 1. The van der Waals surface area contributed by atoms with Gasteiger partial charge < -0.3 is 10.4 Å². The minimum atomic E-state index is -0.273. The van der Waals surface area contributed by atoms with Crippen LogP contribution in [0.1, 0.15) is 15.9 Å². The van der Waals surface area contributed by atoms with E-state index in [9.17, 15) is 9.90 Å². The fourth-order valence-corrected chi connectivity index (χ4v) is 1.70. The largest absolute Gasteiger partial charge is 0.508 e. The molecule has 0 fully saturated rings. The summed E-state index contributed by atoms with van der Waals surface area (Å²) in [6.45, 7) is 0. The monoisotopic (exact) mass is 252 g/mol. The Bertz CT molecular complexity index is 645. The maximum absolute atomic E-state index is 12.0. The zero-order valence-corrected chi connectivity index (χ0v) is 10.1. The van der Waals surface area contributed by atoms with Crippen molar-refractivity contribution in [2.24, 2.45) is 0 Å². The van der Waals surface area contributed by atoms with E-state index in [1.54, 1.807) is 36.4 Å². The van der Waals surface area contributed by atoms with Crippen molar-refractivity contribution in [1.82, 2.24) is 0 Å². The van der Waals surface area contributed by atoms with Gasteiger partial charge in [0.2, 0.25) is 0 Å². The molecule has 0 saturated carbocycles. The SMILES string of the molecule is N#CCc1cccc(C(=O)Nc2cccc(O)c2)c1. The smallest absolute Gasteiger partial charge is 0.255 e. The standard InChI is InChI=1S/C15H12N2O2/c16-8-7-11-3-1-4-12(9-11)15(19)17-13-5-2-6-14(18)10-13/h1-6,9-10,18H,7H2,(H,17,19). The summed E-state index contributed by atoms with van der Waals surface area (Å²) in [7, 11) is 0. The zero-order valence-electron chi connectivity index (χ0n) is 10.1. The Hall–Kier alpha value is -2.80. The van der Waals surface area contributed by atoms with E-state index in [4.69, 9.17) is 5.26 Å². The van der Waals surface area contributed by atoms with E-state index >= 15 is 0 Å². The van der Waals surface area contributed by atoms with Gasteiger partial charge in [0.05, 0.1) is 12.5 Å². The van der Waals surface area contributed by atoms with Gasteiger partial charge in [-0.05, 0) is 29.8 Å². The number of phenols is 1. The highest BCUT2D eigenvalue weighted by atomic mass is 16.3. The Morgan fingerprint density at radius 3 is 2.74 bits per heavy atom. The number of phenolic OH excluding ortho intramolecular Hbond substituents is 1. The molecule has 94 valence electrons. The Labute approximate surface area is 110 Å². The number of amides is 1. The fraction of sp³-hybridized carbons (Fsp3) is 0.0667. The second kappa shape index (κ2) is 5.69. The van der Waals surface area contributed by atoms with Gasteiger partial charge in [-0.2, -0.15) is 5.26 Å². The van der Waals surface area contributed by atoms with Gasteiger partial charge in [0.1, 0.15) is 5.75 Å². The molecule has 4 nitrogen and oxygen atoms in total. The Morgan fingerprint density at radius 1 is 1.21 bits per heavy atom. The number of benzene rings is 2. The highest BCUT2D eigenvalue weighted by Crippen LogP contribution is 2.16. The second-order valence-corrected chi connectivity index (χ2v) is 4.04. The number of anilines is 1. The third-order valence-corrected chi connectivity index (χ3v) is 2.58. The van der Waals surface area contributed by atoms with Gasteiger partial charge in [0, 0.05) is 17.3 Å². The molecule has 0 spiro atoms. The third kappa shape index (κ3) is 3.33. The summed E-state index contributed by atoms with van der Waals surface area (Å²) in [6.07, 6.45) is 0.271. The highest BCUT2D eigenvalue weighted by Gasteiger charge is 2.07. The van der Waals surface area contributed by atoms with E-state index < -0.39 is 0 Å². The molecule has 0 bridgehead atoms. The molecule has 0 aliphatic rings. The summed E-state index contributed by atoms with van der Waals surface area (Å²) < 4.78 is 0. The van der Waals surface area contributed by atoms with E-state index in [-0.39, 0.29) is 18.1 Å². The van der Waals surface area contributed by atoms with Crippen LogP contribution in [0.2, 0.25) is 0 Å². The van der Waals surface area contributed by atoms with Crippen molar-refractivity contribution in [1.29, 1.82) is 5.26 Å². The van der Waals surface area contributed by atoms with Crippen molar-refractivity contribution in [2.45, 2.75) is 6.42 Å². The quantitative estimate of drug-likeness (QED) is 0.882. The van der Waals surface area contributed by atoms with E-state index in [2.05, 4.69) is 5.32 Å². The molecule has 2 rings (SSSR count). The van der Waals surface area contributed by atoms with Gasteiger partial charge in [-0.15, -0.1) is 0 Å². The Morgan fingerprint density at radius 2 is 2.00 bits per heavy atom. The first-order chi connectivity index (χ1) is 9.19. The van der Waals surface area contributed by atoms with Crippen LogP contribution in [0.15, 0.2) is 48.5 Å². The highest BCUT2D eigenvalue weighted by molar-refractivity contribution is 6.04. The summed E-state index contributed by atoms with van der Waals surface area (Å²) in [6, 6.07) is 15.3. The van der Waals surface area contributed by atoms with Crippen LogP contribution in [0.4, 0.5) is 5.69 Å².